The Morgan fingerprint density at radius 1 is 1.19 bits per heavy atom. The Kier molecular flexibility index (Phi) is 6.14. The van der Waals surface area contributed by atoms with Crippen LogP contribution in [0.25, 0.3) is 0 Å². The van der Waals surface area contributed by atoms with E-state index in [2.05, 4.69) is 22.1 Å². The summed E-state index contributed by atoms with van der Waals surface area (Å²) in [7, 11) is 1.65. The van der Waals surface area contributed by atoms with E-state index in [1.807, 2.05) is 12.1 Å². The maximum Gasteiger partial charge on any atom is 0.254 e. The highest BCUT2D eigenvalue weighted by Crippen LogP contribution is 2.49. The highest BCUT2D eigenvalue weighted by Gasteiger charge is 2.38. The molecule has 2 aromatic carbocycles. The quantitative estimate of drug-likeness (QED) is 0.393. The molecule has 1 N–H and O–H groups in total. The Morgan fingerprint density at radius 2 is 1.87 bits per heavy atom. The van der Waals surface area contributed by atoms with Gasteiger partial charge in [-0.15, -0.1) is 0 Å². The molecule has 0 saturated heterocycles. The van der Waals surface area contributed by atoms with Crippen molar-refractivity contribution in [1.82, 2.24) is 9.97 Å². The second kappa shape index (κ2) is 8.83. The number of benzene rings is 2. The Labute approximate surface area is 184 Å². The lowest BCUT2D eigenvalue weighted by molar-refractivity contribution is 0.414. The Balaban J connectivity index is 1.49. The number of hydrogen-bond acceptors (Lipinski definition) is 4. The van der Waals surface area contributed by atoms with E-state index < -0.39 is 17.6 Å². The topological polar surface area (TPSA) is 55.0 Å². The van der Waals surface area contributed by atoms with Gasteiger partial charge in [0.1, 0.15) is 17.4 Å². The summed E-state index contributed by atoms with van der Waals surface area (Å²) in [6.45, 7) is 3.30. The highest BCUT2D eigenvalue weighted by molar-refractivity contribution is 7.99. The Bertz CT molecular complexity index is 1130. The molecule has 0 amide bonds. The van der Waals surface area contributed by atoms with Gasteiger partial charge in [0.15, 0.2) is 5.16 Å². The molecule has 7 heteroatoms. The summed E-state index contributed by atoms with van der Waals surface area (Å²) >= 11 is 1.48. The third kappa shape index (κ3) is 4.51. The van der Waals surface area contributed by atoms with Crippen molar-refractivity contribution in [3.63, 3.8) is 0 Å². The number of nitrogens with zero attached hydrogens (tertiary/aromatic N) is 1. The first-order valence-corrected chi connectivity index (χ1v) is 11.2. The standard InChI is InChI=1S/C24H24F2N2O2S/c1-13(21-19(25)5-4-6-20(21)26)22-14(2)23(29)28-24(27-22)31-12-16-11-18(16)15-7-9-17(30-3)10-8-15/h4-10,13,16,18H,11-12H2,1-3H3,(H,27,28,29). The summed E-state index contributed by atoms with van der Waals surface area (Å²) in [5.74, 6) is 0.689. The molecule has 1 fully saturated rings. The van der Waals surface area contributed by atoms with Crippen molar-refractivity contribution < 1.29 is 13.5 Å². The second-order valence-corrected chi connectivity index (χ2v) is 8.93. The van der Waals surface area contributed by atoms with Crippen LogP contribution in [-0.2, 0) is 0 Å². The van der Waals surface area contributed by atoms with Crippen molar-refractivity contribution in [2.45, 2.75) is 37.3 Å². The molecule has 1 heterocycles. The third-order valence-electron chi connectivity index (χ3n) is 5.91. The fraction of sp³-hybridized carbons (Fsp3) is 0.333. The van der Waals surface area contributed by atoms with Crippen molar-refractivity contribution >= 4 is 11.8 Å². The molecule has 162 valence electrons. The predicted octanol–water partition coefficient (Wildman–Crippen LogP) is 5.41. The van der Waals surface area contributed by atoms with Crippen LogP contribution in [0.5, 0.6) is 5.75 Å². The van der Waals surface area contributed by atoms with Gasteiger partial charge in [-0.3, -0.25) is 4.79 Å². The molecule has 4 nitrogen and oxygen atoms in total. The number of ether oxygens (including phenoxy) is 1. The predicted molar refractivity (Wildman–Crippen MR) is 118 cm³/mol. The van der Waals surface area contributed by atoms with Crippen LogP contribution in [0.3, 0.4) is 0 Å². The van der Waals surface area contributed by atoms with E-state index in [9.17, 15) is 13.6 Å². The first kappa shape index (κ1) is 21.6. The summed E-state index contributed by atoms with van der Waals surface area (Å²) in [5, 5.41) is 0.481. The van der Waals surface area contributed by atoms with Crippen LogP contribution in [-0.4, -0.2) is 22.8 Å². The molecule has 1 saturated carbocycles. The molecule has 31 heavy (non-hydrogen) atoms. The zero-order valence-electron chi connectivity index (χ0n) is 17.6. The van der Waals surface area contributed by atoms with Crippen molar-refractivity contribution in [3.8, 4) is 5.75 Å². The Hall–Kier alpha value is -2.67. The minimum Gasteiger partial charge on any atom is -0.497 e. The number of aromatic nitrogens is 2. The molecule has 1 aliphatic rings. The van der Waals surface area contributed by atoms with E-state index in [1.54, 1.807) is 21.0 Å². The van der Waals surface area contributed by atoms with Crippen molar-refractivity contribution in [3.05, 3.63) is 86.8 Å². The molecule has 0 bridgehead atoms. The molecule has 1 aliphatic carbocycles. The average molecular weight is 443 g/mol. The van der Waals surface area contributed by atoms with Crippen LogP contribution >= 0.6 is 11.8 Å². The molecular formula is C24H24F2N2O2S. The summed E-state index contributed by atoms with van der Waals surface area (Å²) in [6, 6.07) is 11.9. The fourth-order valence-electron chi connectivity index (χ4n) is 3.96. The van der Waals surface area contributed by atoms with Crippen LogP contribution < -0.4 is 10.3 Å². The number of H-pyrrole nitrogens is 1. The maximum atomic E-state index is 14.3. The molecule has 0 spiro atoms. The number of hydrogen-bond donors (Lipinski definition) is 1. The largest absolute Gasteiger partial charge is 0.497 e. The minimum absolute atomic E-state index is 0.0681. The van der Waals surface area contributed by atoms with Gasteiger partial charge in [-0.25, -0.2) is 13.8 Å². The summed E-state index contributed by atoms with van der Waals surface area (Å²) in [4.78, 5) is 19.8. The lowest BCUT2D eigenvalue weighted by Crippen LogP contribution is -2.19. The van der Waals surface area contributed by atoms with Gasteiger partial charge in [-0.2, -0.15) is 0 Å². The van der Waals surface area contributed by atoms with Gasteiger partial charge in [-0.1, -0.05) is 36.9 Å². The monoisotopic (exact) mass is 442 g/mol. The second-order valence-electron chi connectivity index (χ2n) is 7.92. The minimum atomic E-state index is -0.671. The number of methoxy groups -OCH3 is 1. The number of rotatable bonds is 7. The number of nitrogens with one attached hydrogen (secondary N) is 1. The molecule has 3 aromatic rings. The summed E-state index contributed by atoms with van der Waals surface area (Å²) in [5.41, 5.74) is 1.71. The van der Waals surface area contributed by atoms with E-state index in [1.165, 1.54) is 35.5 Å². The highest BCUT2D eigenvalue weighted by atomic mass is 32.2. The van der Waals surface area contributed by atoms with Crippen molar-refractivity contribution in [2.24, 2.45) is 5.92 Å². The molecule has 3 unspecified atom stereocenters. The van der Waals surface area contributed by atoms with Crippen LogP contribution in [0.1, 0.15) is 47.6 Å². The van der Waals surface area contributed by atoms with E-state index >= 15 is 0 Å². The lowest BCUT2D eigenvalue weighted by atomic mass is 9.94. The third-order valence-corrected chi connectivity index (χ3v) is 6.97. The number of halogens is 2. The van der Waals surface area contributed by atoms with Crippen molar-refractivity contribution in [1.29, 1.82) is 0 Å². The van der Waals surface area contributed by atoms with E-state index in [4.69, 9.17) is 4.74 Å². The molecule has 4 rings (SSSR count). The molecule has 0 radical (unpaired) electrons. The van der Waals surface area contributed by atoms with Gasteiger partial charge in [-0.05, 0) is 55.0 Å². The normalized spacial score (nSPS) is 18.6. The van der Waals surface area contributed by atoms with Crippen LogP contribution in [0.2, 0.25) is 0 Å². The first-order chi connectivity index (χ1) is 14.9. The summed E-state index contributed by atoms with van der Waals surface area (Å²) < 4.78 is 33.7. The van der Waals surface area contributed by atoms with Gasteiger partial charge in [0.25, 0.3) is 5.56 Å². The van der Waals surface area contributed by atoms with E-state index in [0.717, 1.165) is 17.9 Å². The van der Waals surface area contributed by atoms with Crippen LogP contribution in [0.4, 0.5) is 8.78 Å². The van der Waals surface area contributed by atoms with Gasteiger partial charge in [0.2, 0.25) is 0 Å². The smallest absolute Gasteiger partial charge is 0.254 e. The fourth-order valence-corrected chi connectivity index (χ4v) is 5.02. The molecule has 0 aliphatic heterocycles. The van der Waals surface area contributed by atoms with Gasteiger partial charge < -0.3 is 9.72 Å². The lowest BCUT2D eigenvalue weighted by Gasteiger charge is -2.16. The molecular weight excluding hydrogens is 418 g/mol. The Morgan fingerprint density at radius 3 is 2.52 bits per heavy atom. The van der Waals surface area contributed by atoms with Crippen LogP contribution in [0.15, 0.2) is 52.4 Å². The zero-order chi connectivity index (χ0) is 22.1. The van der Waals surface area contributed by atoms with E-state index in [0.29, 0.717) is 28.2 Å². The molecule has 3 atom stereocenters. The average Bonchev–Trinajstić information content (AvgIpc) is 3.54. The number of thioether (sulfide) groups is 1. The zero-order valence-corrected chi connectivity index (χ0v) is 18.4. The van der Waals surface area contributed by atoms with Gasteiger partial charge in [0.05, 0.1) is 12.8 Å². The SMILES string of the molecule is COc1ccc(C2CC2CSc2nc(C(C)c3c(F)cccc3F)c(C)c(=O)[nH]2)cc1. The number of aromatic amines is 1. The van der Waals surface area contributed by atoms with Gasteiger partial charge in [0, 0.05) is 22.8 Å². The van der Waals surface area contributed by atoms with E-state index in [-0.39, 0.29) is 11.1 Å². The first-order valence-electron chi connectivity index (χ1n) is 10.2. The maximum absolute atomic E-state index is 14.3. The van der Waals surface area contributed by atoms with Gasteiger partial charge >= 0.3 is 0 Å². The molecule has 1 aromatic heterocycles. The van der Waals surface area contributed by atoms with Crippen molar-refractivity contribution in [2.75, 3.05) is 12.9 Å². The van der Waals surface area contributed by atoms with Crippen LogP contribution in [0, 0.1) is 24.5 Å². The summed E-state index contributed by atoms with van der Waals surface area (Å²) in [6.07, 6.45) is 1.08.